The standard InChI is InChI=1S/C29H26Cl3N5O3/c30-21-6-4-19(5-7-21)8-14-40-29-26(18-25(34-35-29)20-15-23(31)28(39)24(32)16-20)36-10-12-37(13-11-36)27(38)17-22-3-1-2-9-33-22/h1-7,9,15-16,18,39H,8,10-14,17H2. The first kappa shape index (κ1) is 28.0. The van der Waals surface area contributed by atoms with Gasteiger partial charge in [-0.15, -0.1) is 10.2 Å². The van der Waals surface area contributed by atoms with Gasteiger partial charge in [-0.2, -0.15) is 0 Å². The van der Waals surface area contributed by atoms with Crippen molar-refractivity contribution in [1.29, 1.82) is 0 Å². The van der Waals surface area contributed by atoms with Crippen LogP contribution in [0, 0.1) is 0 Å². The van der Waals surface area contributed by atoms with Gasteiger partial charge in [-0.25, -0.2) is 0 Å². The highest BCUT2D eigenvalue weighted by Gasteiger charge is 2.25. The van der Waals surface area contributed by atoms with E-state index in [0.717, 1.165) is 16.9 Å². The number of pyridine rings is 1. The number of phenolic OH excluding ortho intramolecular Hbond substituents is 1. The summed E-state index contributed by atoms with van der Waals surface area (Å²) in [7, 11) is 0. The molecule has 0 unspecified atom stereocenters. The molecular formula is C29H26Cl3N5O3. The second kappa shape index (κ2) is 12.7. The second-order valence-electron chi connectivity index (χ2n) is 9.30. The molecule has 5 rings (SSSR count). The van der Waals surface area contributed by atoms with Crippen LogP contribution in [-0.4, -0.2) is 63.9 Å². The molecule has 1 amide bonds. The van der Waals surface area contributed by atoms with Crippen molar-refractivity contribution in [1.82, 2.24) is 20.1 Å². The van der Waals surface area contributed by atoms with Crippen LogP contribution in [0.4, 0.5) is 5.69 Å². The summed E-state index contributed by atoms with van der Waals surface area (Å²) in [4.78, 5) is 21.1. The smallest absolute Gasteiger partial charge is 0.257 e. The summed E-state index contributed by atoms with van der Waals surface area (Å²) in [6.07, 6.45) is 2.62. The SMILES string of the molecule is O=C(Cc1ccccn1)N1CCN(c2cc(-c3cc(Cl)c(O)c(Cl)c3)nnc2OCCc2ccc(Cl)cc2)CC1. The zero-order chi connectivity index (χ0) is 28.1. The van der Waals surface area contributed by atoms with Crippen molar-refractivity contribution >= 4 is 46.4 Å². The number of ether oxygens (including phenoxy) is 1. The van der Waals surface area contributed by atoms with E-state index in [9.17, 15) is 9.90 Å². The molecule has 1 saturated heterocycles. The predicted octanol–water partition coefficient (Wildman–Crippen LogP) is 5.72. The van der Waals surface area contributed by atoms with Crippen molar-refractivity contribution < 1.29 is 14.6 Å². The van der Waals surface area contributed by atoms with Crippen molar-refractivity contribution in [3.05, 3.63) is 93.2 Å². The molecule has 0 spiro atoms. The maximum absolute atomic E-state index is 12.9. The number of aromatic nitrogens is 3. The molecule has 1 fully saturated rings. The predicted molar refractivity (Wildman–Crippen MR) is 157 cm³/mol. The van der Waals surface area contributed by atoms with Crippen molar-refractivity contribution in [3.8, 4) is 22.9 Å². The van der Waals surface area contributed by atoms with Gasteiger partial charge in [0.25, 0.3) is 5.88 Å². The number of carbonyl (C=O) groups is 1. The highest BCUT2D eigenvalue weighted by molar-refractivity contribution is 6.37. The van der Waals surface area contributed by atoms with Crippen molar-refractivity contribution in [2.24, 2.45) is 0 Å². The Morgan fingerprint density at radius 2 is 1.65 bits per heavy atom. The minimum Gasteiger partial charge on any atom is -0.505 e. The molecule has 11 heteroatoms. The second-order valence-corrected chi connectivity index (χ2v) is 10.5. The molecular weight excluding hydrogens is 573 g/mol. The number of piperazine rings is 1. The van der Waals surface area contributed by atoms with Crippen LogP contribution < -0.4 is 9.64 Å². The van der Waals surface area contributed by atoms with Gasteiger partial charge in [-0.05, 0) is 48.0 Å². The minimum absolute atomic E-state index is 0.0414. The molecule has 2 aromatic carbocycles. The van der Waals surface area contributed by atoms with E-state index in [2.05, 4.69) is 20.1 Å². The Balaban J connectivity index is 1.34. The molecule has 0 radical (unpaired) electrons. The van der Waals surface area contributed by atoms with Gasteiger partial charge >= 0.3 is 0 Å². The number of benzene rings is 2. The maximum Gasteiger partial charge on any atom is 0.257 e. The van der Waals surface area contributed by atoms with E-state index in [4.69, 9.17) is 39.5 Å². The number of phenols is 1. The fraction of sp³-hybridized carbons (Fsp3) is 0.241. The van der Waals surface area contributed by atoms with Crippen LogP contribution in [0.15, 0.2) is 66.9 Å². The average Bonchev–Trinajstić information content (AvgIpc) is 2.97. The monoisotopic (exact) mass is 597 g/mol. The summed E-state index contributed by atoms with van der Waals surface area (Å²) >= 11 is 18.3. The third-order valence-electron chi connectivity index (χ3n) is 6.63. The lowest BCUT2D eigenvalue weighted by atomic mass is 10.1. The summed E-state index contributed by atoms with van der Waals surface area (Å²) in [5, 5.41) is 19.6. The van der Waals surface area contributed by atoms with E-state index < -0.39 is 0 Å². The van der Waals surface area contributed by atoms with Crippen LogP contribution in [0.2, 0.25) is 15.1 Å². The van der Waals surface area contributed by atoms with Crippen molar-refractivity contribution in [2.45, 2.75) is 12.8 Å². The highest BCUT2D eigenvalue weighted by atomic mass is 35.5. The topological polar surface area (TPSA) is 91.7 Å². The number of anilines is 1. The molecule has 4 aromatic rings. The first-order valence-electron chi connectivity index (χ1n) is 12.7. The van der Waals surface area contributed by atoms with Crippen molar-refractivity contribution in [3.63, 3.8) is 0 Å². The van der Waals surface area contributed by atoms with E-state index in [1.807, 2.05) is 53.4 Å². The van der Waals surface area contributed by atoms with Crippen LogP contribution in [0.1, 0.15) is 11.3 Å². The zero-order valence-electron chi connectivity index (χ0n) is 21.4. The molecule has 0 atom stereocenters. The van der Waals surface area contributed by atoms with Crippen molar-refractivity contribution in [2.75, 3.05) is 37.7 Å². The van der Waals surface area contributed by atoms with Gasteiger partial charge in [0, 0.05) is 55.1 Å². The Kier molecular flexibility index (Phi) is 8.89. The fourth-order valence-corrected chi connectivity index (χ4v) is 5.05. The Labute approximate surface area is 247 Å². The van der Waals surface area contributed by atoms with Gasteiger partial charge in [0.2, 0.25) is 5.91 Å². The minimum atomic E-state index is -0.186. The highest BCUT2D eigenvalue weighted by Crippen LogP contribution is 2.37. The molecule has 3 heterocycles. The Bertz CT molecular complexity index is 1460. The van der Waals surface area contributed by atoms with Crippen LogP contribution in [0.25, 0.3) is 11.3 Å². The molecule has 1 aliphatic rings. The van der Waals surface area contributed by atoms with Crippen LogP contribution in [0.3, 0.4) is 0 Å². The fourth-order valence-electron chi connectivity index (χ4n) is 4.44. The van der Waals surface area contributed by atoms with Gasteiger partial charge in [0.05, 0.1) is 28.8 Å². The van der Waals surface area contributed by atoms with Gasteiger partial charge in [0.15, 0.2) is 5.75 Å². The van der Waals surface area contributed by atoms with E-state index in [1.54, 1.807) is 18.3 Å². The maximum atomic E-state index is 12.9. The molecule has 0 bridgehead atoms. The van der Waals surface area contributed by atoms with Crippen LogP contribution in [-0.2, 0) is 17.6 Å². The van der Waals surface area contributed by atoms with Crippen LogP contribution >= 0.6 is 34.8 Å². The number of amides is 1. The third kappa shape index (κ3) is 6.75. The molecule has 1 N–H and O–H groups in total. The van der Waals surface area contributed by atoms with E-state index in [0.29, 0.717) is 61.4 Å². The van der Waals surface area contributed by atoms with Gasteiger partial charge < -0.3 is 19.6 Å². The lowest BCUT2D eigenvalue weighted by Crippen LogP contribution is -2.49. The number of nitrogens with zero attached hydrogens (tertiary/aromatic N) is 5. The number of halogens is 3. The molecule has 0 saturated carbocycles. The Morgan fingerprint density at radius 1 is 0.925 bits per heavy atom. The third-order valence-corrected chi connectivity index (χ3v) is 7.46. The van der Waals surface area contributed by atoms with E-state index >= 15 is 0 Å². The van der Waals surface area contributed by atoms with Gasteiger partial charge in [0.1, 0.15) is 5.69 Å². The molecule has 1 aliphatic heterocycles. The first-order chi connectivity index (χ1) is 19.4. The number of hydrogen-bond acceptors (Lipinski definition) is 7. The summed E-state index contributed by atoms with van der Waals surface area (Å²) in [5.41, 5.74) is 3.72. The lowest BCUT2D eigenvalue weighted by molar-refractivity contribution is -0.130. The number of rotatable bonds is 8. The molecule has 206 valence electrons. The normalized spacial score (nSPS) is 13.4. The summed E-state index contributed by atoms with van der Waals surface area (Å²) in [6.45, 7) is 2.66. The van der Waals surface area contributed by atoms with E-state index in [1.165, 1.54) is 0 Å². The molecule has 0 aliphatic carbocycles. The van der Waals surface area contributed by atoms with Crippen LogP contribution in [0.5, 0.6) is 11.6 Å². The van der Waals surface area contributed by atoms with Gasteiger partial charge in [-0.1, -0.05) is 53.0 Å². The number of aromatic hydroxyl groups is 1. The van der Waals surface area contributed by atoms with Gasteiger partial charge in [-0.3, -0.25) is 9.78 Å². The average molecular weight is 599 g/mol. The summed E-state index contributed by atoms with van der Waals surface area (Å²) < 4.78 is 6.11. The molecule has 40 heavy (non-hydrogen) atoms. The zero-order valence-corrected chi connectivity index (χ0v) is 23.7. The summed E-state index contributed by atoms with van der Waals surface area (Å²) in [6, 6.07) is 18.2. The summed E-state index contributed by atoms with van der Waals surface area (Å²) in [5.74, 6) is 0.246. The Morgan fingerprint density at radius 3 is 2.33 bits per heavy atom. The lowest BCUT2D eigenvalue weighted by Gasteiger charge is -2.36. The first-order valence-corrected chi connectivity index (χ1v) is 13.9. The molecule has 2 aromatic heterocycles. The molecule has 8 nitrogen and oxygen atoms in total. The number of hydrogen-bond donors (Lipinski definition) is 1. The Hall–Kier alpha value is -3.59. The largest absolute Gasteiger partial charge is 0.505 e. The number of carbonyl (C=O) groups excluding carboxylic acids is 1. The van der Waals surface area contributed by atoms with E-state index in [-0.39, 0.29) is 28.1 Å². The quantitative estimate of drug-likeness (QED) is 0.277.